The first-order valence-corrected chi connectivity index (χ1v) is 6.76. The highest BCUT2D eigenvalue weighted by Gasteiger charge is 1.92. The molecule has 17 heavy (non-hydrogen) atoms. The van der Waals surface area contributed by atoms with E-state index < -0.39 is 0 Å². The van der Waals surface area contributed by atoms with Crippen LogP contribution in [-0.4, -0.2) is 26.3 Å². The quantitative estimate of drug-likeness (QED) is 0.629. The average molecular weight is 235 g/mol. The highest BCUT2D eigenvalue weighted by atomic mass is 16.5. The molecule has 0 fully saturated rings. The normalized spacial score (nSPS) is 10.6. The average Bonchev–Trinajstić information content (AvgIpc) is 2.38. The summed E-state index contributed by atoms with van der Waals surface area (Å²) in [7, 11) is 0. The smallest absolute Gasteiger partial charge is 0.0478 e. The molecule has 0 aliphatic carbocycles. The third-order valence-corrected chi connectivity index (χ3v) is 2.65. The molecule has 0 saturated heterocycles. The minimum atomic E-state index is 0.888. The lowest BCUT2D eigenvalue weighted by Gasteiger charge is -2.05. The van der Waals surface area contributed by atoms with Crippen LogP contribution in [0.3, 0.4) is 0 Å². The Labute approximate surface area is 105 Å². The number of hydrogen-bond acceptors (Lipinski definition) is 2. The molecule has 1 N–H and O–H groups in total. The Bertz CT molecular complexity index is 261. The fraction of sp³-hybridized carbons (Fsp3) is 0.600. The van der Waals surface area contributed by atoms with Crippen LogP contribution in [0.2, 0.25) is 0 Å². The van der Waals surface area contributed by atoms with Gasteiger partial charge in [-0.2, -0.15) is 0 Å². The molecule has 2 nitrogen and oxygen atoms in total. The standard InChI is InChI=1S/C15H25NO/c1-2-13-17-14-7-12-16-11-6-10-15-8-4-3-5-9-15/h3-5,8-9,16H,2,6-7,10-14H2,1H3. The minimum absolute atomic E-state index is 0.888. The van der Waals surface area contributed by atoms with Crippen molar-refractivity contribution >= 4 is 0 Å². The van der Waals surface area contributed by atoms with Gasteiger partial charge in [-0.25, -0.2) is 0 Å². The molecular formula is C15H25NO. The number of rotatable bonds is 10. The minimum Gasteiger partial charge on any atom is -0.381 e. The lowest BCUT2D eigenvalue weighted by molar-refractivity contribution is 0.132. The molecule has 1 aromatic carbocycles. The van der Waals surface area contributed by atoms with Gasteiger partial charge in [0.25, 0.3) is 0 Å². The van der Waals surface area contributed by atoms with Crippen LogP contribution in [0.5, 0.6) is 0 Å². The van der Waals surface area contributed by atoms with Crippen molar-refractivity contribution in [1.29, 1.82) is 0 Å². The summed E-state index contributed by atoms with van der Waals surface area (Å²) in [4.78, 5) is 0. The second-order valence-electron chi connectivity index (χ2n) is 4.31. The van der Waals surface area contributed by atoms with Crippen LogP contribution in [0, 0.1) is 0 Å². The van der Waals surface area contributed by atoms with Crippen molar-refractivity contribution in [3.8, 4) is 0 Å². The van der Waals surface area contributed by atoms with Crippen molar-refractivity contribution in [3.05, 3.63) is 35.9 Å². The molecule has 96 valence electrons. The molecule has 1 rings (SSSR count). The first-order valence-electron chi connectivity index (χ1n) is 6.76. The van der Waals surface area contributed by atoms with Gasteiger partial charge in [-0.3, -0.25) is 0 Å². The molecule has 1 aromatic rings. The van der Waals surface area contributed by atoms with Gasteiger partial charge in [-0.1, -0.05) is 37.3 Å². The van der Waals surface area contributed by atoms with Crippen molar-refractivity contribution in [2.45, 2.75) is 32.6 Å². The zero-order chi connectivity index (χ0) is 12.2. The highest BCUT2D eigenvalue weighted by molar-refractivity contribution is 5.14. The lowest BCUT2D eigenvalue weighted by Crippen LogP contribution is -2.18. The molecule has 0 bridgehead atoms. The Kier molecular flexibility index (Phi) is 8.61. The van der Waals surface area contributed by atoms with E-state index in [2.05, 4.69) is 42.6 Å². The molecular weight excluding hydrogens is 210 g/mol. The van der Waals surface area contributed by atoms with Crippen LogP contribution in [0.4, 0.5) is 0 Å². The molecule has 2 heteroatoms. The van der Waals surface area contributed by atoms with E-state index in [0.717, 1.165) is 39.1 Å². The van der Waals surface area contributed by atoms with Gasteiger partial charge in [0.2, 0.25) is 0 Å². The first-order chi connectivity index (χ1) is 8.43. The molecule has 0 aromatic heterocycles. The molecule has 0 unspecified atom stereocenters. The number of hydrogen-bond donors (Lipinski definition) is 1. The van der Waals surface area contributed by atoms with Crippen LogP contribution in [-0.2, 0) is 11.2 Å². The molecule has 0 aliphatic rings. The number of aryl methyl sites for hydroxylation is 1. The van der Waals surface area contributed by atoms with Crippen molar-refractivity contribution in [2.75, 3.05) is 26.3 Å². The summed E-state index contributed by atoms with van der Waals surface area (Å²) >= 11 is 0. The van der Waals surface area contributed by atoms with Crippen molar-refractivity contribution in [3.63, 3.8) is 0 Å². The molecule has 0 spiro atoms. The van der Waals surface area contributed by atoms with Crippen LogP contribution in [0.25, 0.3) is 0 Å². The third kappa shape index (κ3) is 7.94. The maximum absolute atomic E-state index is 5.42. The Hall–Kier alpha value is -0.860. The van der Waals surface area contributed by atoms with E-state index in [1.807, 2.05) is 0 Å². The zero-order valence-electron chi connectivity index (χ0n) is 11.0. The Morgan fingerprint density at radius 1 is 1.00 bits per heavy atom. The van der Waals surface area contributed by atoms with Gasteiger partial charge in [0, 0.05) is 13.2 Å². The predicted molar refractivity (Wildman–Crippen MR) is 73.4 cm³/mol. The molecule has 0 atom stereocenters. The first kappa shape index (κ1) is 14.2. The van der Waals surface area contributed by atoms with Gasteiger partial charge >= 0.3 is 0 Å². The van der Waals surface area contributed by atoms with Crippen molar-refractivity contribution < 1.29 is 4.74 Å². The molecule has 0 amide bonds. The Morgan fingerprint density at radius 2 is 1.76 bits per heavy atom. The predicted octanol–water partition coefficient (Wildman–Crippen LogP) is 3.03. The summed E-state index contributed by atoms with van der Waals surface area (Å²) in [6, 6.07) is 10.7. The van der Waals surface area contributed by atoms with Gasteiger partial charge in [-0.05, 0) is 44.3 Å². The monoisotopic (exact) mass is 235 g/mol. The highest BCUT2D eigenvalue weighted by Crippen LogP contribution is 2.01. The summed E-state index contributed by atoms with van der Waals surface area (Å²) in [5, 5.41) is 3.45. The number of benzene rings is 1. The van der Waals surface area contributed by atoms with E-state index in [1.165, 1.54) is 18.4 Å². The maximum Gasteiger partial charge on any atom is 0.0478 e. The van der Waals surface area contributed by atoms with Crippen LogP contribution in [0.15, 0.2) is 30.3 Å². The van der Waals surface area contributed by atoms with Crippen LogP contribution < -0.4 is 5.32 Å². The fourth-order valence-electron chi connectivity index (χ4n) is 1.73. The topological polar surface area (TPSA) is 21.3 Å². The van der Waals surface area contributed by atoms with Crippen molar-refractivity contribution in [2.24, 2.45) is 0 Å². The Balaban J connectivity index is 1.85. The van der Waals surface area contributed by atoms with E-state index in [9.17, 15) is 0 Å². The van der Waals surface area contributed by atoms with E-state index >= 15 is 0 Å². The van der Waals surface area contributed by atoms with Gasteiger partial charge in [-0.15, -0.1) is 0 Å². The molecule has 0 radical (unpaired) electrons. The number of ether oxygens (including phenoxy) is 1. The second-order valence-corrected chi connectivity index (χ2v) is 4.31. The maximum atomic E-state index is 5.42. The van der Waals surface area contributed by atoms with Gasteiger partial charge in [0.15, 0.2) is 0 Å². The van der Waals surface area contributed by atoms with E-state index in [1.54, 1.807) is 0 Å². The zero-order valence-corrected chi connectivity index (χ0v) is 11.0. The second kappa shape index (κ2) is 10.3. The largest absolute Gasteiger partial charge is 0.381 e. The summed E-state index contributed by atoms with van der Waals surface area (Å²) in [6.07, 6.45) is 4.61. The lowest BCUT2D eigenvalue weighted by atomic mass is 10.1. The number of nitrogens with one attached hydrogen (secondary N) is 1. The van der Waals surface area contributed by atoms with Crippen LogP contribution >= 0.6 is 0 Å². The van der Waals surface area contributed by atoms with E-state index in [0.29, 0.717) is 0 Å². The van der Waals surface area contributed by atoms with Gasteiger partial charge in [0.05, 0.1) is 0 Å². The van der Waals surface area contributed by atoms with E-state index in [4.69, 9.17) is 4.74 Å². The van der Waals surface area contributed by atoms with Crippen LogP contribution in [0.1, 0.15) is 31.7 Å². The summed E-state index contributed by atoms with van der Waals surface area (Å²) < 4.78 is 5.42. The van der Waals surface area contributed by atoms with Crippen molar-refractivity contribution in [1.82, 2.24) is 5.32 Å². The van der Waals surface area contributed by atoms with E-state index in [-0.39, 0.29) is 0 Å². The molecule has 0 saturated carbocycles. The summed E-state index contributed by atoms with van der Waals surface area (Å²) in [5.41, 5.74) is 1.43. The Morgan fingerprint density at radius 3 is 2.53 bits per heavy atom. The SMILES string of the molecule is CCCOCCCNCCCc1ccccc1. The summed E-state index contributed by atoms with van der Waals surface area (Å²) in [5.74, 6) is 0. The fourth-order valence-corrected chi connectivity index (χ4v) is 1.73. The molecule has 0 aliphatic heterocycles. The van der Waals surface area contributed by atoms with Gasteiger partial charge in [0.1, 0.15) is 0 Å². The third-order valence-electron chi connectivity index (χ3n) is 2.65. The summed E-state index contributed by atoms with van der Waals surface area (Å²) in [6.45, 7) is 6.09. The van der Waals surface area contributed by atoms with Gasteiger partial charge < -0.3 is 10.1 Å². The molecule has 0 heterocycles.